The minimum Gasteiger partial charge on any atom is -0.544 e. The van der Waals surface area contributed by atoms with Crippen molar-refractivity contribution >= 4 is 26.3 Å². The molecule has 9 nitrogen and oxygen atoms in total. The summed E-state index contributed by atoms with van der Waals surface area (Å²) in [6.07, 6.45) is -0.601. The summed E-state index contributed by atoms with van der Waals surface area (Å²) in [6, 6.07) is 12.8. The maximum atomic E-state index is 13.4. The quantitative estimate of drug-likeness (QED) is 0.295. The molecule has 2 atom stereocenters. The SMILES string of the molecule is CC(C)(C)OC(=O)N1CCCC(OC(=O)c2ccc(O)cc2)CC1NC(=O)c1ccc(O[Si](C)(C)C(C)(C)C)cc1. The van der Waals surface area contributed by atoms with E-state index >= 15 is 0 Å². The van der Waals surface area contributed by atoms with Gasteiger partial charge < -0.3 is 24.3 Å². The highest BCUT2D eigenvalue weighted by Gasteiger charge is 2.39. The number of phenolic OH excluding ortho intramolecular Hbond substituents is 1. The fraction of sp³-hybridized carbons (Fsp3) is 0.516. The number of likely N-dealkylation sites (tertiary alicyclic amines) is 1. The van der Waals surface area contributed by atoms with Crippen LogP contribution in [0.25, 0.3) is 0 Å². The number of hydrogen-bond donors (Lipinski definition) is 2. The summed E-state index contributed by atoms with van der Waals surface area (Å²) in [5, 5.41) is 12.5. The Morgan fingerprint density at radius 2 is 1.51 bits per heavy atom. The van der Waals surface area contributed by atoms with Gasteiger partial charge in [-0.25, -0.2) is 9.59 Å². The van der Waals surface area contributed by atoms with E-state index in [1.807, 2.05) is 0 Å². The van der Waals surface area contributed by atoms with Crippen molar-refractivity contribution < 1.29 is 33.4 Å². The monoisotopic (exact) mass is 584 g/mol. The number of amides is 2. The lowest BCUT2D eigenvalue weighted by atomic mass is 10.1. The first-order chi connectivity index (χ1) is 18.9. The second-order valence-corrected chi connectivity index (χ2v) is 17.7. The number of ether oxygens (including phenoxy) is 2. The molecule has 0 bridgehead atoms. The molecule has 2 aromatic rings. The number of rotatable bonds is 6. The molecular weight excluding hydrogens is 540 g/mol. The Morgan fingerprint density at radius 1 is 0.927 bits per heavy atom. The normalized spacial score (nSPS) is 18.2. The van der Waals surface area contributed by atoms with Crippen molar-refractivity contribution in [2.24, 2.45) is 0 Å². The average molecular weight is 585 g/mol. The topological polar surface area (TPSA) is 114 Å². The summed E-state index contributed by atoms with van der Waals surface area (Å²) in [4.78, 5) is 40.8. The molecule has 41 heavy (non-hydrogen) atoms. The summed E-state index contributed by atoms with van der Waals surface area (Å²) in [5.41, 5.74) is -0.00177. The highest BCUT2D eigenvalue weighted by Crippen LogP contribution is 2.37. The molecule has 0 saturated carbocycles. The number of nitrogens with one attached hydrogen (secondary N) is 1. The first-order valence-corrected chi connectivity index (χ1v) is 17.0. The van der Waals surface area contributed by atoms with E-state index in [2.05, 4.69) is 39.2 Å². The van der Waals surface area contributed by atoms with Gasteiger partial charge in [0.25, 0.3) is 5.91 Å². The van der Waals surface area contributed by atoms with Crippen molar-refractivity contribution in [1.29, 1.82) is 0 Å². The summed E-state index contributed by atoms with van der Waals surface area (Å²) in [5.74, 6) is -0.151. The average Bonchev–Trinajstić information content (AvgIpc) is 3.04. The van der Waals surface area contributed by atoms with Gasteiger partial charge in [-0.05, 0) is 100 Å². The number of aromatic hydroxyl groups is 1. The van der Waals surface area contributed by atoms with Crippen LogP contribution in [0.4, 0.5) is 4.79 Å². The second-order valence-electron chi connectivity index (χ2n) is 13.0. The summed E-state index contributed by atoms with van der Waals surface area (Å²) in [7, 11) is -2.03. The number of phenols is 1. The van der Waals surface area contributed by atoms with Crippen LogP contribution < -0.4 is 9.74 Å². The maximum Gasteiger partial charge on any atom is 0.411 e. The van der Waals surface area contributed by atoms with E-state index in [9.17, 15) is 19.5 Å². The minimum atomic E-state index is -2.03. The molecule has 1 saturated heterocycles. The molecule has 1 fully saturated rings. The number of hydrogen-bond acceptors (Lipinski definition) is 7. The van der Waals surface area contributed by atoms with E-state index in [4.69, 9.17) is 13.9 Å². The van der Waals surface area contributed by atoms with Crippen LogP contribution in [0.1, 0.15) is 81.5 Å². The third-order valence-electron chi connectivity index (χ3n) is 7.39. The molecule has 1 aliphatic heterocycles. The molecule has 10 heteroatoms. The zero-order chi connectivity index (χ0) is 30.6. The van der Waals surface area contributed by atoms with E-state index in [0.717, 1.165) is 0 Å². The lowest BCUT2D eigenvalue weighted by Crippen LogP contribution is -2.52. The molecule has 0 spiro atoms. The molecule has 1 aliphatic rings. The van der Waals surface area contributed by atoms with Gasteiger partial charge in [-0.3, -0.25) is 9.69 Å². The van der Waals surface area contributed by atoms with Crippen molar-refractivity contribution in [3.63, 3.8) is 0 Å². The number of esters is 1. The van der Waals surface area contributed by atoms with Crippen molar-refractivity contribution in [2.45, 2.75) is 96.8 Å². The van der Waals surface area contributed by atoms with Crippen molar-refractivity contribution in [1.82, 2.24) is 10.2 Å². The number of benzene rings is 2. The molecule has 0 radical (unpaired) electrons. The molecule has 2 amide bonds. The van der Waals surface area contributed by atoms with Gasteiger partial charge in [-0.1, -0.05) is 20.8 Å². The van der Waals surface area contributed by atoms with Crippen LogP contribution in [0.5, 0.6) is 11.5 Å². The van der Waals surface area contributed by atoms with Crippen LogP contribution >= 0.6 is 0 Å². The van der Waals surface area contributed by atoms with E-state index in [1.165, 1.54) is 29.2 Å². The second kappa shape index (κ2) is 12.5. The van der Waals surface area contributed by atoms with E-state index < -0.39 is 38.3 Å². The fourth-order valence-electron chi connectivity index (χ4n) is 4.10. The summed E-state index contributed by atoms with van der Waals surface area (Å²) in [6.45, 7) is 16.5. The Bertz CT molecular complexity index is 1220. The van der Waals surface area contributed by atoms with Crippen LogP contribution in [-0.2, 0) is 9.47 Å². The zero-order valence-corrected chi connectivity index (χ0v) is 26.4. The van der Waals surface area contributed by atoms with E-state index in [0.29, 0.717) is 36.3 Å². The van der Waals surface area contributed by atoms with Crippen molar-refractivity contribution in [2.75, 3.05) is 6.54 Å². The molecule has 0 aliphatic carbocycles. The molecule has 2 unspecified atom stereocenters. The minimum absolute atomic E-state index is 0.0376. The maximum absolute atomic E-state index is 13.4. The van der Waals surface area contributed by atoms with Gasteiger partial charge >= 0.3 is 12.1 Å². The zero-order valence-electron chi connectivity index (χ0n) is 25.4. The van der Waals surface area contributed by atoms with Crippen molar-refractivity contribution in [3.8, 4) is 11.5 Å². The molecule has 0 aromatic heterocycles. The predicted molar refractivity (Wildman–Crippen MR) is 160 cm³/mol. The lowest BCUT2D eigenvalue weighted by molar-refractivity contribution is 0.00667. The number of carbonyl (C=O) groups is 3. The van der Waals surface area contributed by atoms with Gasteiger partial charge in [0.05, 0.1) is 5.56 Å². The van der Waals surface area contributed by atoms with Gasteiger partial charge in [0.2, 0.25) is 8.32 Å². The van der Waals surface area contributed by atoms with Gasteiger partial charge in [0.15, 0.2) is 0 Å². The standard InChI is InChI=1S/C31H44N2O7Si/c1-30(2,3)39-29(37)33-19-9-10-25(38-28(36)22-11-15-23(34)16-12-22)20-26(33)32-27(35)21-13-17-24(18-14-21)40-41(7,8)31(4,5)6/h11-18,25-26,34H,9-10,19-20H2,1-8H3,(H,32,35). The smallest absolute Gasteiger partial charge is 0.411 e. The van der Waals surface area contributed by atoms with Crippen LogP contribution in [0, 0.1) is 0 Å². The number of nitrogens with zero attached hydrogens (tertiary/aromatic N) is 1. The Balaban J connectivity index is 1.78. The van der Waals surface area contributed by atoms with Crippen LogP contribution in [0.3, 0.4) is 0 Å². The summed E-state index contributed by atoms with van der Waals surface area (Å²) >= 11 is 0. The predicted octanol–water partition coefficient (Wildman–Crippen LogP) is 6.48. The van der Waals surface area contributed by atoms with Gasteiger partial charge in [0, 0.05) is 18.5 Å². The third kappa shape index (κ3) is 8.98. The number of carbonyl (C=O) groups excluding carboxylic acids is 3. The Hall–Kier alpha value is -3.53. The molecule has 224 valence electrons. The Labute approximate surface area is 244 Å². The highest BCUT2D eigenvalue weighted by molar-refractivity contribution is 6.74. The van der Waals surface area contributed by atoms with E-state index in [-0.39, 0.29) is 23.1 Å². The van der Waals surface area contributed by atoms with Gasteiger partial charge in [-0.2, -0.15) is 0 Å². The molecule has 2 N–H and O–H groups in total. The van der Waals surface area contributed by atoms with Crippen LogP contribution in [-0.4, -0.2) is 60.7 Å². The van der Waals surface area contributed by atoms with Crippen molar-refractivity contribution in [3.05, 3.63) is 59.7 Å². The molecule has 1 heterocycles. The Morgan fingerprint density at radius 3 is 2.07 bits per heavy atom. The van der Waals surface area contributed by atoms with Crippen LogP contribution in [0.2, 0.25) is 18.1 Å². The van der Waals surface area contributed by atoms with Gasteiger partial charge in [-0.15, -0.1) is 0 Å². The first-order valence-electron chi connectivity index (χ1n) is 14.0. The highest BCUT2D eigenvalue weighted by atomic mass is 28.4. The molecule has 3 rings (SSSR count). The third-order valence-corrected chi connectivity index (χ3v) is 11.7. The van der Waals surface area contributed by atoms with Gasteiger partial charge in [0.1, 0.15) is 29.4 Å². The largest absolute Gasteiger partial charge is 0.544 e. The first kappa shape index (κ1) is 32.0. The lowest BCUT2D eigenvalue weighted by Gasteiger charge is -2.36. The Kier molecular flexibility index (Phi) is 9.79. The summed E-state index contributed by atoms with van der Waals surface area (Å²) < 4.78 is 17.7. The van der Waals surface area contributed by atoms with Crippen LogP contribution in [0.15, 0.2) is 48.5 Å². The van der Waals surface area contributed by atoms with E-state index in [1.54, 1.807) is 45.0 Å². The molecular formula is C31H44N2O7Si. The molecule has 2 aromatic carbocycles. The fourth-order valence-corrected chi connectivity index (χ4v) is 5.13.